The van der Waals surface area contributed by atoms with Crippen molar-refractivity contribution in [3.8, 4) is 11.5 Å². The van der Waals surface area contributed by atoms with Crippen LogP contribution >= 0.6 is 0 Å². The number of carbonyl (C=O) groups excluding carboxylic acids is 2. The van der Waals surface area contributed by atoms with Gasteiger partial charge in [0.25, 0.3) is 5.79 Å². The minimum absolute atomic E-state index is 0.00264. The number of ether oxygens (including phenoxy) is 4. The van der Waals surface area contributed by atoms with Gasteiger partial charge in [0.05, 0.1) is 0 Å². The maximum atomic E-state index is 13.9. The van der Waals surface area contributed by atoms with Gasteiger partial charge in [-0.2, -0.15) is 0 Å². The second-order valence-corrected chi connectivity index (χ2v) is 4.96. The van der Waals surface area contributed by atoms with Gasteiger partial charge < -0.3 is 18.9 Å². The summed E-state index contributed by atoms with van der Waals surface area (Å²) in [6.45, 7) is 2.86. The summed E-state index contributed by atoms with van der Waals surface area (Å²) >= 11 is 0. The van der Waals surface area contributed by atoms with Crippen molar-refractivity contribution < 1.29 is 32.9 Å². The van der Waals surface area contributed by atoms with Crippen LogP contribution in [0.3, 0.4) is 0 Å². The lowest BCUT2D eigenvalue weighted by atomic mass is 10.1. The van der Waals surface area contributed by atoms with Crippen LogP contribution in [0.15, 0.2) is 17.7 Å². The number of carbonyl (C=O) groups is 2. The quantitative estimate of drug-likeness (QED) is 0.446. The first-order valence-corrected chi connectivity index (χ1v) is 6.13. The molecular weight excluding hydrogens is 283 g/mol. The van der Waals surface area contributed by atoms with Crippen LogP contribution < -0.4 is 9.47 Å². The first-order valence-electron chi connectivity index (χ1n) is 6.13. The Kier molecular flexibility index (Phi) is 2.86. The normalized spacial score (nSPS) is 19.1. The second-order valence-electron chi connectivity index (χ2n) is 4.96. The fourth-order valence-electron chi connectivity index (χ4n) is 1.98. The minimum Gasteiger partial charge on any atom is -0.454 e. The first kappa shape index (κ1) is 13.4. The van der Waals surface area contributed by atoms with E-state index in [0.717, 1.165) is 12.1 Å². The Morgan fingerprint density at radius 1 is 1.10 bits per heavy atom. The van der Waals surface area contributed by atoms with Crippen LogP contribution in [0.25, 0.3) is 6.08 Å². The molecule has 0 N–H and O–H groups in total. The second kappa shape index (κ2) is 4.47. The topological polar surface area (TPSA) is 71.1 Å². The Morgan fingerprint density at radius 2 is 1.67 bits per heavy atom. The highest BCUT2D eigenvalue weighted by Gasteiger charge is 2.39. The lowest BCUT2D eigenvalue weighted by Crippen LogP contribution is -2.41. The summed E-state index contributed by atoms with van der Waals surface area (Å²) in [6.07, 6.45) is 1.07. The number of halogens is 1. The molecule has 7 heteroatoms. The molecule has 2 heterocycles. The molecule has 0 unspecified atom stereocenters. The summed E-state index contributed by atoms with van der Waals surface area (Å²) in [5.41, 5.74) is -0.380. The fourth-order valence-corrected chi connectivity index (χ4v) is 1.98. The Hall–Kier alpha value is -2.57. The molecule has 0 radical (unpaired) electrons. The highest BCUT2D eigenvalue weighted by Crippen LogP contribution is 2.35. The average molecular weight is 294 g/mol. The monoisotopic (exact) mass is 294 g/mol. The first-order chi connectivity index (χ1) is 9.85. The lowest BCUT2D eigenvalue weighted by Gasteiger charge is -2.29. The third-order valence-corrected chi connectivity index (χ3v) is 2.91. The van der Waals surface area contributed by atoms with E-state index in [0.29, 0.717) is 5.75 Å². The van der Waals surface area contributed by atoms with Crippen LogP contribution in [-0.4, -0.2) is 24.5 Å². The van der Waals surface area contributed by atoms with Gasteiger partial charge in [0, 0.05) is 25.5 Å². The van der Waals surface area contributed by atoms with Gasteiger partial charge in [0.1, 0.15) is 11.4 Å². The van der Waals surface area contributed by atoms with E-state index >= 15 is 0 Å². The Labute approximate surface area is 119 Å². The summed E-state index contributed by atoms with van der Waals surface area (Å²) < 4.78 is 33.9. The van der Waals surface area contributed by atoms with Crippen LogP contribution in [0.2, 0.25) is 0 Å². The summed E-state index contributed by atoms with van der Waals surface area (Å²) in [5.74, 6) is -3.12. The molecule has 0 amide bonds. The van der Waals surface area contributed by atoms with E-state index in [1.165, 1.54) is 19.9 Å². The summed E-state index contributed by atoms with van der Waals surface area (Å²) in [7, 11) is 0. The molecule has 0 aromatic heterocycles. The molecule has 2 aliphatic heterocycles. The van der Waals surface area contributed by atoms with Crippen molar-refractivity contribution in [3.63, 3.8) is 0 Å². The van der Waals surface area contributed by atoms with E-state index in [4.69, 9.17) is 18.9 Å². The highest BCUT2D eigenvalue weighted by molar-refractivity contribution is 6.18. The van der Waals surface area contributed by atoms with E-state index in [9.17, 15) is 14.0 Å². The molecule has 1 aromatic rings. The van der Waals surface area contributed by atoms with Gasteiger partial charge in [-0.15, -0.1) is 0 Å². The van der Waals surface area contributed by atoms with Crippen molar-refractivity contribution in [3.05, 3.63) is 29.1 Å². The molecule has 0 saturated carbocycles. The van der Waals surface area contributed by atoms with Crippen LogP contribution in [0.4, 0.5) is 4.39 Å². The van der Waals surface area contributed by atoms with Crippen molar-refractivity contribution in [2.75, 3.05) is 6.79 Å². The summed E-state index contributed by atoms with van der Waals surface area (Å²) in [5, 5.41) is 0. The maximum Gasteiger partial charge on any atom is 0.348 e. The third-order valence-electron chi connectivity index (χ3n) is 2.91. The molecule has 0 spiro atoms. The van der Waals surface area contributed by atoms with Crippen molar-refractivity contribution in [1.82, 2.24) is 0 Å². The van der Waals surface area contributed by atoms with Crippen molar-refractivity contribution in [2.45, 2.75) is 19.6 Å². The standard InChI is InChI=1S/C14H11FO6/c1-14(2)20-12(16)8(13(17)21-14)3-7-4-10-11(5-9(7)15)19-6-18-10/h3-5H,6H2,1-2H3. The maximum absolute atomic E-state index is 13.9. The molecule has 110 valence electrons. The molecule has 3 rings (SSSR count). The highest BCUT2D eigenvalue weighted by atomic mass is 19.1. The van der Waals surface area contributed by atoms with Gasteiger partial charge in [0.2, 0.25) is 6.79 Å². The van der Waals surface area contributed by atoms with Gasteiger partial charge in [-0.05, 0) is 12.1 Å². The molecule has 6 nitrogen and oxygen atoms in total. The van der Waals surface area contributed by atoms with Crippen LogP contribution in [0.5, 0.6) is 11.5 Å². The number of benzene rings is 1. The van der Waals surface area contributed by atoms with Crippen LogP contribution in [-0.2, 0) is 19.1 Å². The van der Waals surface area contributed by atoms with Gasteiger partial charge in [-0.1, -0.05) is 0 Å². The number of esters is 2. The van der Waals surface area contributed by atoms with Crippen LogP contribution in [0.1, 0.15) is 19.4 Å². The van der Waals surface area contributed by atoms with Gasteiger partial charge in [-0.3, -0.25) is 0 Å². The average Bonchev–Trinajstić information content (AvgIpc) is 2.79. The zero-order chi connectivity index (χ0) is 15.2. The molecule has 1 saturated heterocycles. The van der Waals surface area contributed by atoms with Crippen molar-refractivity contribution in [1.29, 1.82) is 0 Å². The molecule has 1 aromatic carbocycles. The molecule has 0 bridgehead atoms. The van der Waals surface area contributed by atoms with E-state index in [1.807, 2.05) is 0 Å². The minimum atomic E-state index is -1.33. The Bertz CT molecular complexity index is 654. The van der Waals surface area contributed by atoms with Gasteiger partial charge >= 0.3 is 11.9 Å². The Balaban J connectivity index is 1.99. The number of hydrogen-bond donors (Lipinski definition) is 0. The lowest BCUT2D eigenvalue weighted by molar-refractivity contribution is -0.222. The molecular formula is C14H11FO6. The van der Waals surface area contributed by atoms with Gasteiger partial charge in [0.15, 0.2) is 11.5 Å². The number of fused-ring (bicyclic) bond motifs is 1. The molecule has 1 fully saturated rings. The molecule has 21 heavy (non-hydrogen) atoms. The van der Waals surface area contributed by atoms with Crippen molar-refractivity contribution >= 4 is 18.0 Å². The zero-order valence-electron chi connectivity index (χ0n) is 11.3. The zero-order valence-corrected chi connectivity index (χ0v) is 11.3. The smallest absolute Gasteiger partial charge is 0.348 e. The SMILES string of the molecule is CC1(C)OC(=O)C(=Cc2cc3c(cc2F)OCO3)C(=O)O1. The number of rotatable bonds is 1. The molecule has 2 aliphatic rings. The number of cyclic esters (lactones) is 2. The van der Waals surface area contributed by atoms with E-state index in [1.54, 1.807) is 0 Å². The van der Waals surface area contributed by atoms with Crippen LogP contribution in [0, 0.1) is 5.82 Å². The molecule has 0 aliphatic carbocycles. The Morgan fingerprint density at radius 3 is 2.29 bits per heavy atom. The fraction of sp³-hybridized carbons (Fsp3) is 0.286. The van der Waals surface area contributed by atoms with E-state index < -0.39 is 23.5 Å². The van der Waals surface area contributed by atoms with E-state index in [2.05, 4.69) is 0 Å². The summed E-state index contributed by atoms with van der Waals surface area (Å²) in [4.78, 5) is 23.6. The van der Waals surface area contributed by atoms with Gasteiger partial charge in [-0.25, -0.2) is 14.0 Å². The predicted molar refractivity (Wildman–Crippen MR) is 66.8 cm³/mol. The van der Waals surface area contributed by atoms with Crippen molar-refractivity contribution in [2.24, 2.45) is 0 Å². The predicted octanol–water partition coefficient (Wildman–Crippen LogP) is 1.77. The summed E-state index contributed by atoms with van der Waals surface area (Å²) in [6, 6.07) is 2.46. The van der Waals surface area contributed by atoms with E-state index in [-0.39, 0.29) is 23.7 Å². The largest absolute Gasteiger partial charge is 0.454 e. The molecule has 0 atom stereocenters. The third kappa shape index (κ3) is 2.42. The number of hydrogen-bond acceptors (Lipinski definition) is 6.